The SMILES string of the molecule is Cc1ccc(Cl)cc1N1CCC(CNC(=O)c2cc(C3CC3)nc3c2c(C)nn3C)C1. The Morgan fingerprint density at radius 2 is 2.03 bits per heavy atom. The van der Waals surface area contributed by atoms with E-state index in [4.69, 9.17) is 16.6 Å². The number of aryl methyl sites for hydroxylation is 3. The monoisotopic (exact) mass is 437 g/mol. The second-order valence-electron chi connectivity index (χ2n) is 9.02. The topological polar surface area (TPSA) is 63.1 Å². The van der Waals surface area contributed by atoms with Gasteiger partial charge in [0.25, 0.3) is 5.91 Å². The minimum Gasteiger partial charge on any atom is -0.371 e. The fourth-order valence-electron chi connectivity index (χ4n) is 4.71. The highest BCUT2D eigenvalue weighted by atomic mass is 35.5. The van der Waals surface area contributed by atoms with E-state index in [1.165, 1.54) is 11.3 Å². The number of benzene rings is 1. The van der Waals surface area contributed by atoms with Crippen LogP contribution in [0.4, 0.5) is 5.69 Å². The van der Waals surface area contributed by atoms with Crippen molar-refractivity contribution in [3.63, 3.8) is 0 Å². The molecule has 1 saturated carbocycles. The molecule has 1 aliphatic heterocycles. The highest BCUT2D eigenvalue weighted by molar-refractivity contribution is 6.30. The molecule has 1 unspecified atom stereocenters. The van der Waals surface area contributed by atoms with Crippen LogP contribution in [0.3, 0.4) is 0 Å². The largest absolute Gasteiger partial charge is 0.371 e. The van der Waals surface area contributed by atoms with Gasteiger partial charge in [0.1, 0.15) is 0 Å². The Morgan fingerprint density at radius 1 is 1.23 bits per heavy atom. The summed E-state index contributed by atoms with van der Waals surface area (Å²) in [6.07, 6.45) is 3.35. The van der Waals surface area contributed by atoms with Crippen molar-refractivity contribution in [2.45, 2.75) is 39.0 Å². The fraction of sp³-hybridized carbons (Fsp3) is 0.458. The molecule has 5 rings (SSSR count). The van der Waals surface area contributed by atoms with Crippen LogP contribution in [0.5, 0.6) is 0 Å². The molecule has 2 aromatic heterocycles. The van der Waals surface area contributed by atoms with Crippen LogP contribution in [0.1, 0.15) is 52.5 Å². The molecule has 7 heteroatoms. The van der Waals surface area contributed by atoms with Crippen molar-refractivity contribution in [3.05, 3.63) is 51.8 Å². The first-order valence-corrected chi connectivity index (χ1v) is 11.4. The third-order valence-electron chi connectivity index (χ3n) is 6.58. The molecule has 2 fully saturated rings. The van der Waals surface area contributed by atoms with Gasteiger partial charge in [-0.1, -0.05) is 17.7 Å². The summed E-state index contributed by atoms with van der Waals surface area (Å²) in [7, 11) is 1.89. The van der Waals surface area contributed by atoms with Crippen LogP contribution in [0, 0.1) is 19.8 Å². The highest BCUT2D eigenvalue weighted by Gasteiger charge is 2.29. The van der Waals surface area contributed by atoms with Gasteiger partial charge in [-0.3, -0.25) is 9.48 Å². The highest BCUT2D eigenvalue weighted by Crippen LogP contribution is 2.40. The summed E-state index contributed by atoms with van der Waals surface area (Å²) in [6, 6.07) is 8.02. The molecule has 3 aromatic rings. The van der Waals surface area contributed by atoms with Gasteiger partial charge in [-0.15, -0.1) is 0 Å². The second-order valence-corrected chi connectivity index (χ2v) is 9.45. The summed E-state index contributed by atoms with van der Waals surface area (Å²) < 4.78 is 1.79. The van der Waals surface area contributed by atoms with Crippen LogP contribution in [0.25, 0.3) is 11.0 Å². The lowest BCUT2D eigenvalue weighted by Crippen LogP contribution is -2.31. The number of fused-ring (bicyclic) bond motifs is 1. The number of hydrogen-bond acceptors (Lipinski definition) is 4. The maximum absolute atomic E-state index is 13.2. The molecule has 1 N–H and O–H groups in total. The van der Waals surface area contributed by atoms with Crippen molar-refractivity contribution in [2.75, 3.05) is 24.5 Å². The zero-order chi connectivity index (χ0) is 21.7. The van der Waals surface area contributed by atoms with Crippen LogP contribution < -0.4 is 10.2 Å². The number of nitrogens with one attached hydrogen (secondary N) is 1. The zero-order valence-corrected chi connectivity index (χ0v) is 19.0. The summed E-state index contributed by atoms with van der Waals surface area (Å²) in [6.45, 7) is 6.63. The van der Waals surface area contributed by atoms with E-state index in [1.54, 1.807) is 4.68 Å². The third-order valence-corrected chi connectivity index (χ3v) is 6.81. The van der Waals surface area contributed by atoms with Crippen molar-refractivity contribution in [2.24, 2.45) is 13.0 Å². The Labute approximate surface area is 187 Å². The summed E-state index contributed by atoms with van der Waals surface area (Å²) in [4.78, 5) is 20.4. The van der Waals surface area contributed by atoms with Gasteiger partial charge in [0.2, 0.25) is 0 Å². The summed E-state index contributed by atoms with van der Waals surface area (Å²) in [5, 5.41) is 9.33. The molecule has 162 valence electrons. The van der Waals surface area contributed by atoms with E-state index in [-0.39, 0.29) is 5.91 Å². The molecule has 1 aliphatic carbocycles. The number of pyridine rings is 1. The van der Waals surface area contributed by atoms with Crippen LogP contribution in [-0.4, -0.2) is 40.3 Å². The van der Waals surface area contributed by atoms with Gasteiger partial charge < -0.3 is 10.2 Å². The molecule has 1 saturated heterocycles. The predicted octanol–water partition coefficient (Wildman–Crippen LogP) is 4.37. The van der Waals surface area contributed by atoms with E-state index < -0.39 is 0 Å². The normalized spacial score (nSPS) is 18.7. The van der Waals surface area contributed by atoms with E-state index in [2.05, 4.69) is 28.3 Å². The standard InChI is InChI=1S/C24H28ClN5O/c1-14-4-7-18(25)10-21(14)30-9-8-16(13-30)12-26-24(31)19-11-20(17-5-6-17)27-23-22(19)15(2)28-29(23)3/h4,7,10-11,16-17H,5-6,8-9,12-13H2,1-3H3,(H,26,31). The van der Waals surface area contributed by atoms with Gasteiger partial charge in [-0.05, 0) is 62.8 Å². The van der Waals surface area contributed by atoms with E-state index in [1.807, 2.05) is 32.2 Å². The van der Waals surface area contributed by atoms with Crippen molar-refractivity contribution >= 4 is 34.2 Å². The molecule has 1 atom stereocenters. The van der Waals surface area contributed by atoms with Crippen LogP contribution in [0.15, 0.2) is 24.3 Å². The Hall–Kier alpha value is -2.60. The molecular weight excluding hydrogens is 410 g/mol. The fourth-order valence-corrected chi connectivity index (χ4v) is 4.87. The Balaban J connectivity index is 1.31. The van der Waals surface area contributed by atoms with E-state index >= 15 is 0 Å². The minimum absolute atomic E-state index is 0.0252. The van der Waals surface area contributed by atoms with Crippen LogP contribution >= 0.6 is 11.6 Å². The number of nitrogens with zero attached hydrogens (tertiary/aromatic N) is 4. The zero-order valence-electron chi connectivity index (χ0n) is 18.3. The van der Waals surface area contributed by atoms with Crippen LogP contribution in [-0.2, 0) is 7.05 Å². The molecule has 6 nitrogen and oxygen atoms in total. The molecule has 0 radical (unpaired) electrons. The first-order valence-electron chi connectivity index (χ1n) is 11.0. The van der Waals surface area contributed by atoms with E-state index in [0.717, 1.165) is 59.8 Å². The predicted molar refractivity (Wildman–Crippen MR) is 124 cm³/mol. The van der Waals surface area contributed by atoms with Crippen molar-refractivity contribution < 1.29 is 4.79 Å². The molecule has 3 heterocycles. The number of rotatable bonds is 5. The number of carbonyl (C=O) groups excluding carboxylic acids is 1. The Bertz CT molecular complexity index is 1170. The first kappa shape index (κ1) is 20.3. The minimum atomic E-state index is -0.0252. The second kappa shape index (κ2) is 7.83. The van der Waals surface area contributed by atoms with E-state index in [0.29, 0.717) is 23.9 Å². The molecule has 2 aliphatic rings. The van der Waals surface area contributed by atoms with Crippen molar-refractivity contribution in [1.29, 1.82) is 0 Å². The smallest absolute Gasteiger partial charge is 0.252 e. The van der Waals surface area contributed by atoms with E-state index in [9.17, 15) is 4.79 Å². The summed E-state index contributed by atoms with van der Waals surface area (Å²) in [5.41, 5.74) is 5.80. The van der Waals surface area contributed by atoms with Gasteiger partial charge in [0.05, 0.1) is 16.6 Å². The van der Waals surface area contributed by atoms with Gasteiger partial charge in [0.15, 0.2) is 5.65 Å². The average molecular weight is 438 g/mol. The number of aromatic nitrogens is 3. The third kappa shape index (κ3) is 3.89. The number of halogens is 1. The number of hydrogen-bond donors (Lipinski definition) is 1. The molecule has 31 heavy (non-hydrogen) atoms. The lowest BCUT2D eigenvalue weighted by molar-refractivity contribution is 0.0949. The Morgan fingerprint density at radius 3 is 2.81 bits per heavy atom. The molecule has 0 bridgehead atoms. The lowest BCUT2D eigenvalue weighted by Gasteiger charge is -2.21. The van der Waals surface area contributed by atoms with Crippen molar-refractivity contribution in [1.82, 2.24) is 20.1 Å². The first-order chi connectivity index (χ1) is 14.9. The Kier molecular flexibility index (Phi) is 5.13. The summed E-state index contributed by atoms with van der Waals surface area (Å²) >= 11 is 6.21. The molecular formula is C24H28ClN5O. The molecule has 1 amide bonds. The summed E-state index contributed by atoms with van der Waals surface area (Å²) in [5.74, 6) is 0.871. The van der Waals surface area contributed by atoms with Crippen molar-refractivity contribution in [3.8, 4) is 0 Å². The number of anilines is 1. The molecule has 1 aromatic carbocycles. The number of carbonyl (C=O) groups is 1. The maximum Gasteiger partial charge on any atom is 0.252 e. The average Bonchev–Trinajstić information content (AvgIpc) is 3.43. The number of amides is 1. The van der Waals surface area contributed by atoms with Gasteiger partial charge in [-0.2, -0.15) is 5.10 Å². The molecule has 0 spiro atoms. The maximum atomic E-state index is 13.2. The van der Waals surface area contributed by atoms with Gasteiger partial charge >= 0.3 is 0 Å². The lowest BCUT2D eigenvalue weighted by atomic mass is 10.1. The van der Waals surface area contributed by atoms with Crippen LogP contribution in [0.2, 0.25) is 5.02 Å². The quantitative estimate of drug-likeness (QED) is 0.643. The van der Waals surface area contributed by atoms with Gasteiger partial charge in [-0.25, -0.2) is 4.98 Å². The van der Waals surface area contributed by atoms with Gasteiger partial charge in [0, 0.05) is 49.0 Å².